The van der Waals surface area contributed by atoms with Gasteiger partial charge < -0.3 is 5.32 Å². The second kappa shape index (κ2) is 9.84. The van der Waals surface area contributed by atoms with E-state index in [1.165, 1.54) is 16.7 Å². The third-order valence-corrected chi connectivity index (χ3v) is 2.76. The Bertz CT molecular complexity index is 536. The van der Waals surface area contributed by atoms with E-state index in [0.717, 1.165) is 11.4 Å². The van der Waals surface area contributed by atoms with Gasteiger partial charge >= 0.3 is 43.7 Å². The number of rotatable bonds is 3. The maximum absolute atomic E-state index is 5.00. The minimum absolute atomic E-state index is 0.644. The average molecular weight is 423 g/mol. The van der Waals surface area contributed by atoms with Gasteiger partial charge in [-0.3, -0.25) is 4.98 Å². The summed E-state index contributed by atoms with van der Waals surface area (Å²) < 4.78 is 0. The molecule has 113 valence electrons. The standard InChI is InChI=1S/C15H17N2.3ClH.Zr/c1-11-8-12(2)15(13(3)9-11)17-10-14-6-4-5-7-16-14;;;;/h4-9H,10H2,1-3H3;3*1H;/q-1;;;;+3/p-3. The Balaban J connectivity index is 0.000000491. The topological polar surface area (TPSA) is 27.0 Å². The molecule has 0 aliphatic carbocycles. The van der Waals surface area contributed by atoms with Crippen LogP contribution in [-0.2, 0) is 24.7 Å². The van der Waals surface area contributed by atoms with Gasteiger partial charge in [-0.2, -0.15) is 0 Å². The predicted molar refractivity (Wildman–Crippen MR) is 89.2 cm³/mol. The van der Waals surface area contributed by atoms with E-state index in [1.807, 2.05) is 18.2 Å². The van der Waals surface area contributed by atoms with Crippen LogP contribution in [-0.4, -0.2) is 4.98 Å². The predicted octanol–water partition coefficient (Wildman–Crippen LogP) is 6.28. The van der Waals surface area contributed by atoms with E-state index in [-0.39, 0.29) is 0 Å². The average Bonchev–Trinajstić information content (AvgIpc) is 2.38. The molecule has 0 aliphatic heterocycles. The van der Waals surface area contributed by atoms with Gasteiger partial charge in [-0.1, -0.05) is 41.4 Å². The zero-order chi connectivity index (χ0) is 15.8. The van der Waals surface area contributed by atoms with Crippen molar-refractivity contribution in [2.45, 2.75) is 27.3 Å². The van der Waals surface area contributed by atoms with Crippen molar-refractivity contribution < 1.29 is 18.2 Å². The normalized spacial score (nSPS) is 9.62. The fraction of sp³-hybridized carbons (Fsp3) is 0.267. The molecule has 0 unspecified atom stereocenters. The van der Waals surface area contributed by atoms with Gasteiger partial charge in [-0.25, -0.2) is 0 Å². The summed E-state index contributed by atoms with van der Waals surface area (Å²) >= 11 is -2.13. The summed E-state index contributed by atoms with van der Waals surface area (Å²) in [6.45, 7) is 6.97. The first-order valence-electron chi connectivity index (χ1n) is 6.39. The summed E-state index contributed by atoms with van der Waals surface area (Å²) in [5.41, 5.74) is 5.86. The van der Waals surface area contributed by atoms with Gasteiger partial charge in [0.2, 0.25) is 0 Å². The fourth-order valence-electron chi connectivity index (χ4n) is 2.07. The van der Waals surface area contributed by atoms with Crippen molar-refractivity contribution in [3.05, 3.63) is 64.2 Å². The van der Waals surface area contributed by atoms with Crippen molar-refractivity contribution in [3.8, 4) is 0 Å². The van der Waals surface area contributed by atoms with E-state index in [0.29, 0.717) is 6.54 Å². The van der Waals surface area contributed by atoms with Gasteiger partial charge in [0.1, 0.15) is 0 Å². The van der Waals surface area contributed by atoms with Gasteiger partial charge in [0.25, 0.3) is 0 Å². The zero-order valence-corrected chi connectivity index (χ0v) is 16.9. The van der Waals surface area contributed by atoms with Crippen molar-refractivity contribution in [3.63, 3.8) is 0 Å². The first-order valence-corrected chi connectivity index (χ1v) is 15.9. The molecule has 21 heavy (non-hydrogen) atoms. The van der Waals surface area contributed by atoms with E-state index >= 15 is 0 Å². The molecule has 1 aromatic carbocycles. The molecule has 1 heterocycles. The fourth-order valence-corrected chi connectivity index (χ4v) is 2.07. The summed E-state index contributed by atoms with van der Waals surface area (Å²) in [4.78, 5) is 4.28. The summed E-state index contributed by atoms with van der Waals surface area (Å²) in [5.74, 6) is 0. The van der Waals surface area contributed by atoms with Gasteiger partial charge in [-0.15, -0.1) is 5.69 Å². The Morgan fingerprint density at radius 1 is 1.05 bits per heavy atom. The molecule has 0 atom stereocenters. The van der Waals surface area contributed by atoms with Crippen molar-refractivity contribution in [1.82, 2.24) is 4.98 Å². The number of halogens is 3. The van der Waals surface area contributed by atoms with Crippen LogP contribution in [0.25, 0.3) is 5.32 Å². The molecule has 2 nitrogen and oxygen atoms in total. The Hall–Kier alpha value is -0.0769. The molecule has 0 spiro atoms. The molecule has 0 amide bonds. The molecule has 0 radical (unpaired) electrons. The van der Waals surface area contributed by atoms with Crippen LogP contribution >= 0.6 is 25.5 Å². The number of aryl methyl sites for hydroxylation is 3. The minimum atomic E-state index is -2.13. The Labute approximate surface area is 145 Å². The van der Waals surface area contributed by atoms with Crippen LogP contribution in [0.5, 0.6) is 0 Å². The molecule has 0 N–H and O–H groups in total. The first-order chi connectivity index (χ1) is 9.90. The van der Waals surface area contributed by atoms with Crippen molar-refractivity contribution in [2.75, 3.05) is 0 Å². The van der Waals surface area contributed by atoms with E-state index in [1.54, 1.807) is 6.20 Å². The Morgan fingerprint density at radius 3 is 2.10 bits per heavy atom. The first kappa shape index (κ1) is 19.0. The van der Waals surface area contributed by atoms with Crippen LogP contribution in [0.2, 0.25) is 0 Å². The second-order valence-electron chi connectivity index (χ2n) is 4.60. The summed E-state index contributed by atoms with van der Waals surface area (Å²) in [6, 6.07) is 10.3. The zero-order valence-electron chi connectivity index (χ0n) is 12.2. The number of nitrogens with zero attached hydrogens (tertiary/aromatic N) is 2. The van der Waals surface area contributed by atoms with Crippen molar-refractivity contribution in [2.24, 2.45) is 0 Å². The Morgan fingerprint density at radius 2 is 1.62 bits per heavy atom. The molecule has 0 bridgehead atoms. The number of aromatic nitrogens is 1. The molecule has 0 fully saturated rings. The molecular formula is C15H17Cl3N2Zr-. The van der Waals surface area contributed by atoms with E-state index in [2.05, 4.69) is 43.2 Å². The maximum atomic E-state index is 5.00. The quantitative estimate of drug-likeness (QED) is 0.572. The van der Waals surface area contributed by atoms with Crippen molar-refractivity contribution in [1.29, 1.82) is 0 Å². The van der Waals surface area contributed by atoms with E-state index in [9.17, 15) is 0 Å². The summed E-state index contributed by atoms with van der Waals surface area (Å²) in [5, 5.41) is 4.65. The molecule has 0 aliphatic rings. The molecule has 2 rings (SSSR count). The molecule has 0 saturated heterocycles. The summed E-state index contributed by atoms with van der Waals surface area (Å²) in [7, 11) is 15.0. The van der Waals surface area contributed by atoms with Crippen LogP contribution in [0.1, 0.15) is 22.4 Å². The number of hydrogen-bond donors (Lipinski definition) is 0. The van der Waals surface area contributed by atoms with Crippen LogP contribution < -0.4 is 0 Å². The molecule has 0 saturated carbocycles. The summed E-state index contributed by atoms with van der Waals surface area (Å²) in [6.07, 6.45) is 1.81. The Kier molecular flexibility index (Phi) is 8.89. The molecule has 6 heteroatoms. The SMILES string of the molecule is Cc1cc(C)c([N-]Cc2ccccn2)c(C)c1.[Cl][Zr]([Cl])[Cl]. The van der Waals surface area contributed by atoms with Crippen LogP contribution in [0, 0.1) is 20.8 Å². The molecular weight excluding hydrogens is 406 g/mol. The monoisotopic (exact) mass is 420 g/mol. The van der Waals surface area contributed by atoms with Crippen LogP contribution in [0.4, 0.5) is 5.69 Å². The molecule has 2 aromatic rings. The van der Waals surface area contributed by atoms with E-state index < -0.39 is 18.2 Å². The number of hydrogen-bond acceptors (Lipinski definition) is 1. The third-order valence-electron chi connectivity index (χ3n) is 2.76. The number of pyridine rings is 1. The van der Waals surface area contributed by atoms with Crippen LogP contribution in [0.3, 0.4) is 0 Å². The third kappa shape index (κ3) is 7.65. The van der Waals surface area contributed by atoms with Gasteiger partial charge in [0.05, 0.1) is 0 Å². The van der Waals surface area contributed by atoms with Gasteiger partial charge in [-0.05, 0) is 32.9 Å². The van der Waals surface area contributed by atoms with Gasteiger partial charge in [0, 0.05) is 11.9 Å². The van der Waals surface area contributed by atoms with E-state index in [4.69, 9.17) is 25.5 Å². The van der Waals surface area contributed by atoms with Crippen LogP contribution in [0.15, 0.2) is 36.5 Å². The number of benzene rings is 1. The molecule has 1 aromatic heterocycles. The van der Waals surface area contributed by atoms with Crippen molar-refractivity contribution >= 4 is 31.2 Å². The van der Waals surface area contributed by atoms with Gasteiger partial charge in [0.15, 0.2) is 0 Å². The second-order valence-corrected chi connectivity index (χ2v) is 15.8.